The molecule has 206 valence electrons. The largest absolute Gasteiger partial charge is 0.462 e. The lowest BCUT2D eigenvalue weighted by Gasteiger charge is -2.47. The third-order valence-electron chi connectivity index (χ3n) is 6.81. The second-order valence-electron chi connectivity index (χ2n) is 10.0. The Morgan fingerprint density at radius 3 is 2.69 bits per heavy atom. The van der Waals surface area contributed by atoms with E-state index in [1.807, 2.05) is 6.92 Å². The summed E-state index contributed by atoms with van der Waals surface area (Å²) in [5.74, 6) is -0.321. The van der Waals surface area contributed by atoms with E-state index in [1.54, 1.807) is 56.0 Å². The van der Waals surface area contributed by atoms with Crippen LogP contribution in [0.3, 0.4) is 0 Å². The number of esters is 1. The summed E-state index contributed by atoms with van der Waals surface area (Å²) in [6, 6.07) is 8.23. The molecule has 12 heteroatoms. The lowest BCUT2D eigenvalue weighted by Crippen LogP contribution is -2.65. The molecule has 1 aromatic carbocycles. The number of carbonyl (C=O) groups excluding carboxylic acids is 1. The van der Waals surface area contributed by atoms with Crippen molar-refractivity contribution < 1.29 is 33.3 Å². The number of aromatic amines is 1. The Morgan fingerprint density at radius 2 is 2.03 bits per heavy atom. The number of rotatable bonds is 7. The fourth-order valence-corrected chi connectivity index (χ4v) is 4.90. The van der Waals surface area contributed by atoms with Crippen molar-refractivity contribution in [1.82, 2.24) is 19.7 Å². The van der Waals surface area contributed by atoms with Crippen molar-refractivity contribution in [2.75, 3.05) is 7.11 Å². The van der Waals surface area contributed by atoms with Crippen LogP contribution in [0, 0.1) is 13.8 Å². The number of aliphatic hydroxyl groups excluding tert-OH is 1. The minimum absolute atomic E-state index is 0.249. The molecule has 1 aliphatic rings. The van der Waals surface area contributed by atoms with Gasteiger partial charge in [0.15, 0.2) is 12.2 Å². The molecule has 2 N–H and O–H groups in total. The molecule has 12 nitrogen and oxygen atoms in total. The van der Waals surface area contributed by atoms with E-state index < -0.39 is 41.8 Å². The van der Waals surface area contributed by atoms with Gasteiger partial charge in [-0.2, -0.15) is 5.10 Å². The first-order chi connectivity index (χ1) is 18.6. The summed E-state index contributed by atoms with van der Waals surface area (Å²) in [4.78, 5) is 32.1. The van der Waals surface area contributed by atoms with E-state index in [9.17, 15) is 14.7 Å². The van der Waals surface area contributed by atoms with Gasteiger partial charge in [0, 0.05) is 29.8 Å². The van der Waals surface area contributed by atoms with E-state index in [0.717, 1.165) is 5.69 Å². The molecule has 0 bridgehead atoms. The van der Waals surface area contributed by atoms with E-state index >= 15 is 0 Å². The zero-order valence-corrected chi connectivity index (χ0v) is 22.2. The quantitative estimate of drug-likeness (QED) is 0.265. The molecular weight excluding hydrogens is 508 g/mol. The highest BCUT2D eigenvalue weighted by molar-refractivity contribution is 5.87. The minimum Gasteiger partial charge on any atom is -0.462 e. The Morgan fingerprint density at radius 1 is 1.23 bits per heavy atom. The van der Waals surface area contributed by atoms with Crippen LogP contribution in [0.25, 0.3) is 11.0 Å². The maximum atomic E-state index is 12.8. The maximum Gasteiger partial charge on any atom is 0.355 e. The monoisotopic (exact) mass is 538 g/mol. The van der Waals surface area contributed by atoms with Crippen LogP contribution in [0.15, 0.2) is 52.2 Å². The summed E-state index contributed by atoms with van der Waals surface area (Å²) in [5.41, 5.74) is 1.08. The van der Waals surface area contributed by atoms with Crippen LogP contribution in [0.2, 0.25) is 0 Å². The molecule has 4 atom stereocenters. The Labute approximate surface area is 223 Å². The van der Waals surface area contributed by atoms with Crippen LogP contribution in [0.4, 0.5) is 0 Å². The number of carbonyl (C=O) groups is 1. The zero-order valence-electron chi connectivity index (χ0n) is 22.2. The molecule has 3 aromatic heterocycles. The summed E-state index contributed by atoms with van der Waals surface area (Å²) >= 11 is 0. The highest BCUT2D eigenvalue weighted by Gasteiger charge is 2.53. The molecule has 5 rings (SSSR count). The lowest BCUT2D eigenvalue weighted by atomic mass is 9.89. The highest BCUT2D eigenvalue weighted by atomic mass is 16.7. The lowest BCUT2D eigenvalue weighted by molar-refractivity contribution is -0.305. The van der Waals surface area contributed by atoms with Crippen molar-refractivity contribution in [2.24, 2.45) is 0 Å². The summed E-state index contributed by atoms with van der Waals surface area (Å²) < 4.78 is 30.7. The third kappa shape index (κ3) is 5.18. The number of aryl methyl sites for hydroxylation is 2. The smallest absolute Gasteiger partial charge is 0.355 e. The molecule has 0 saturated carbocycles. The molecule has 1 fully saturated rings. The standard InChI is InChI=1S/C27H30N4O8/c1-14-6-8-18(30-14)25(34)38-23-21(33)26(39-27(3,4)24(23)35-5)36-19-9-7-17-16(11-31-13-28-12-29-31)10-20(32)37-22(17)15(19)2/h6-10,12-13,21,23-24,26,30,33H,11H2,1-5H3/t21-,23+,24-,26-/m1/s1. The average Bonchev–Trinajstić information content (AvgIpc) is 3.55. The van der Waals surface area contributed by atoms with Crippen molar-refractivity contribution >= 4 is 16.9 Å². The maximum absolute atomic E-state index is 12.8. The first-order valence-corrected chi connectivity index (χ1v) is 12.4. The Kier molecular flexibility index (Phi) is 7.02. The number of aliphatic hydroxyl groups is 1. The van der Waals surface area contributed by atoms with E-state index in [4.69, 9.17) is 23.4 Å². The number of fused-ring (bicyclic) bond motifs is 1. The molecule has 0 amide bonds. The van der Waals surface area contributed by atoms with Gasteiger partial charge in [0.2, 0.25) is 6.29 Å². The van der Waals surface area contributed by atoms with Crippen LogP contribution in [-0.2, 0) is 20.8 Å². The van der Waals surface area contributed by atoms with Gasteiger partial charge in [-0.1, -0.05) is 0 Å². The van der Waals surface area contributed by atoms with Crippen LogP contribution in [0.1, 0.15) is 41.2 Å². The van der Waals surface area contributed by atoms with Gasteiger partial charge >= 0.3 is 11.6 Å². The van der Waals surface area contributed by atoms with Crippen molar-refractivity contribution in [3.63, 3.8) is 0 Å². The molecule has 0 unspecified atom stereocenters. The molecule has 0 spiro atoms. The first kappa shape index (κ1) is 26.6. The number of aromatic nitrogens is 4. The Hall–Kier alpha value is -4.00. The van der Waals surface area contributed by atoms with Gasteiger partial charge in [-0.05, 0) is 57.5 Å². The molecule has 0 aliphatic carbocycles. The number of hydrogen-bond donors (Lipinski definition) is 2. The van der Waals surface area contributed by atoms with Crippen LogP contribution >= 0.6 is 0 Å². The number of H-pyrrole nitrogens is 1. The van der Waals surface area contributed by atoms with Crippen molar-refractivity contribution in [1.29, 1.82) is 0 Å². The van der Waals surface area contributed by atoms with E-state index in [0.29, 0.717) is 34.4 Å². The predicted molar refractivity (Wildman–Crippen MR) is 137 cm³/mol. The minimum atomic E-state index is -1.40. The van der Waals surface area contributed by atoms with Crippen LogP contribution in [-0.4, -0.2) is 68.1 Å². The van der Waals surface area contributed by atoms with Crippen LogP contribution < -0.4 is 10.4 Å². The van der Waals surface area contributed by atoms with Crippen molar-refractivity contribution in [2.45, 2.75) is 64.4 Å². The second-order valence-corrected chi connectivity index (χ2v) is 10.0. The summed E-state index contributed by atoms with van der Waals surface area (Å²) in [5, 5.41) is 16.1. The van der Waals surface area contributed by atoms with Crippen molar-refractivity contribution in [3.8, 4) is 5.75 Å². The van der Waals surface area contributed by atoms with Gasteiger partial charge in [-0.3, -0.25) is 0 Å². The molecule has 39 heavy (non-hydrogen) atoms. The Balaban J connectivity index is 1.44. The second kappa shape index (κ2) is 10.3. The summed E-state index contributed by atoms with van der Waals surface area (Å²) in [7, 11) is 1.45. The number of nitrogens with one attached hydrogen (secondary N) is 1. The van der Waals surface area contributed by atoms with Gasteiger partial charge < -0.3 is 33.5 Å². The number of hydrogen-bond acceptors (Lipinski definition) is 10. The molecular formula is C27H30N4O8. The normalized spacial score (nSPS) is 22.6. The number of ether oxygens (including phenoxy) is 4. The molecule has 1 aliphatic heterocycles. The number of methoxy groups -OCH3 is 1. The van der Waals surface area contributed by atoms with E-state index in [2.05, 4.69) is 15.1 Å². The SMILES string of the molecule is CO[C@@H]1[C@@H](OC(=O)c2ccc(C)[nH]2)[C@@H](O)[C@H](Oc2ccc3c(Cn4cncn4)cc(=O)oc3c2C)OC1(C)C. The first-order valence-electron chi connectivity index (χ1n) is 12.4. The highest BCUT2D eigenvalue weighted by Crippen LogP contribution is 2.36. The van der Waals surface area contributed by atoms with Gasteiger partial charge in [-0.25, -0.2) is 19.3 Å². The fourth-order valence-electron chi connectivity index (χ4n) is 4.90. The summed E-state index contributed by atoms with van der Waals surface area (Å²) in [6.45, 7) is 7.39. The predicted octanol–water partition coefficient (Wildman–Crippen LogP) is 2.49. The average molecular weight is 539 g/mol. The third-order valence-corrected chi connectivity index (χ3v) is 6.81. The molecule has 0 radical (unpaired) electrons. The van der Waals surface area contributed by atoms with Gasteiger partial charge in [0.05, 0.1) is 12.1 Å². The molecule has 4 aromatic rings. The van der Waals surface area contributed by atoms with Crippen LogP contribution in [0.5, 0.6) is 5.75 Å². The molecule has 1 saturated heterocycles. The zero-order chi connectivity index (χ0) is 27.9. The molecule has 4 heterocycles. The van der Waals surface area contributed by atoms with Gasteiger partial charge in [0.25, 0.3) is 0 Å². The summed E-state index contributed by atoms with van der Waals surface area (Å²) in [6.07, 6.45) is -1.55. The van der Waals surface area contributed by atoms with E-state index in [1.165, 1.54) is 19.5 Å². The fraction of sp³-hybridized carbons (Fsp3) is 0.407. The van der Waals surface area contributed by atoms with Gasteiger partial charge in [-0.15, -0.1) is 0 Å². The number of benzene rings is 1. The van der Waals surface area contributed by atoms with E-state index in [-0.39, 0.29) is 5.69 Å². The number of nitrogens with zero attached hydrogens (tertiary/aromatic N) is 3. The Bertz CT molecular complexity index is 1540. The van der Waals surface area contributed by atoms with Gasteiger partial charge in [0.1, 0.15) is 35.8 Å². The van der Waals surface area contributed by atoms with Crippen molar-refractivity contribution in [3.05, 3.63) is 75.9 Å². The topological polar surface area (TPSA) is 151 Å².